The Hall–Kier alpha value is -3.22. The number of hydrogen-bond acceptors (Lipinski definition) is 5. The molecule has 0 heterocycles. The van der Waals surface area contributed by atoms with Crippen molar-refractivity contribution < 1.29 is 23.1 Å². The van der Waals surface area contributed by atoms with Crippen LogP contribution in [0.25, 0.3) is 5.57 Å². The van der Waals surface area contributed by atoms with E-state index in [9.17, 15) is 18.3 Å². The van der Waals surface area contributed by atoms with Crippen molar-refractivity contribution in [2.24, 2.45) is 11.3 Å². The predicted octanol–water partition coefficient (Wildman–Crippen LogP) is 6.51. The molecule has 0 bridgehead atoms. The Morgan fingerprint density at radius 1 is 0.923 bits per heavy atom. The van der Waals surface area contributed by atoms with E-state index in [4.69, 9.17) is 4.74 Å². The molecular formula is C33H38O5S. The fourth-order valence-corrected chi connectivity index (χ4v) is 6.67. The van der Waals surface area contributed by atoms with Crippen LogP contribution in [-0.2, 0) is 31.5 Å². The molecule has 0 spiro atoms. The predicted molar refractivity (Wildman–Crippen MR) is 155 cm³/mol. The van der Waals surface area contributed by atoms with Gasteiger partial charge in [0.2, 0.25) is 0 Å². The molecule has 4 rings (SSSR count). The molecule has 1 aliphatic carbocycles. The first-order chi connectivity index (χ1) is 18.3. The number of rotatable bonds is 7. The van der Waals surface area contributed by atoms with Gasteiger partial charge in [-0.05, 0) is 87.9 Å². The molecule has 3 aromatic rings. The summed E-state index contributed by atoms with van der Waals surface area (Å²) in [4.78, 5) is 13.2. The average Bonchev–Trinajstić information content (AvgIpc) is 3.14. The zero-order valence-corrected chi connectivity index (χ0v) is 24.4. The average molecular weight is 547 g/mol. The highest BCUT2D eigenvalue weighted by atomic mass is 32.2. The lowest BCUT2D eigenvalue weighted by Gasteiger charge is -2.21. The quantitative estimate of drug-likeness (QED) is 0.342. The Morgan fingerprint density at radius 2 is 1.49 bits per heavy atom. The lowest BCUT2D eigenvalue weighted by Crippen LogP contribution is -2.22. The standard InChI is InChI=1S/C33H38O5S/c1-21-16-22(2)29(23(3)17-21)30-28(38-32(35)33(4,5)6)19-26(31(30)34)18-24-12-14-25(15-13-24)20-39(36,37)27-10-8-7-9-11-27/h7-17,26,31,34H,18-20H2,1-6H3. The van der Waals surface area contributed by atoms with Gasteiger partial charge in [-0.15, -0.1) is 0 Å². The molecule has 2 atom stereocenters. The van der Waals surface area contributed by atoms with Crippen molar-refractivity contribution in [1.82, 2.24) is 0 Å². The minimum Gasteiger partial charge on any atom is -0.430 e. The summed E-state index contributed by atoms with van der Waals surface area (Å²) in [5.41, 5.74) is 5.87. The summed E-state index contributed by atoms with van der Waals surface area (Å²) in [6, 6.07) is 20.1. The van der Waals surface area contributed by atoms with Crippen LogP contribution in [0, 0.1) is 32.1 Å². The molecule has 0 fully saturated rings. The van der Waals surface area contributed by atoms with E-state index in [1.165, 1.54) is 0 Å². The van der Waals surface area contributed by atoms with Gasteiger partial charge >= 0.3 is 5.97 Å². The monoisotopic (exact) mass is 546 g/mol. The number of allylic oxidation sites excluding steroid dienone is 1. The van der Waals surface area contributed by atoms with Crippen LogP contribution in [0.1, 0.15) is 60.6 Å². The van der Waals surface area contributed by atoms with E-state index < -0.39 is 21.4 Å². The van der Waals surface area contributed by atoms with Crippen LogP contribution in [0.2, 0.25) is 0 Å². The van der Waals surface area contributed by atoms with E-state index in [-0.39, 0.29) is 17.6 Å². The second kappa shape index (κ2) is 11.1. The molecule has 0 amide bonds. The Labute approximate surface area is 232 Å². The van der Waals surface area contributed by atoms with Crippen LogP contribution in [-0.4, -0.2) is 25.6 Å². The van der Waals surface area contributed by atoms with Gasteiger partial charge in [-0.3, -0.25) is 4.79 Å². The Kier molecular flexibility index (Phi) is 8.20. The first-order valence-corrected chi connectivity index (χ1v) is 15.0. The number of aliphatic hydroxyl groups excluding tert-OH is 1. The summed E-state index contributed by atoms with van der Waals surface area (Å²) < 4.78 is 31.5. The van der Waals surface area contributed by atoms with E-state index in [2.05, 4.69) is 12.1 Å². The van der Waals surface area contributed by atoms with Crippen molar-refractivity contribution in [3.8, 4) is 0 Å². The Morgan fingerprint density at radius 3 is 2.05 bits per heavy atom. The molecule has 0 aromatic heterocycles. The van der Waals surface area contributed by atoms with Gasteiger partial charge in [0.15, 0.2) is 9.84 Å². The van der Waals surface area contributed by atoms with Gasteiger partial charge in [-0.1, -0.05) is 60.2 Å². The summed E-state index contributed by atoms with van der Waals surface area (Å²) in [6.07, 6.45) is 0.206. The molecule has 1 N–H and O–H groups in total. The van der Waals surface area contributed by atoms with Gasteiger partial charge in [0, 0.05) is 17.9 Å². The lowest BCUT2D eigenvalue weighted by molar-refractivity contribution is -0.148. The minimum absolute atomic E-state index is 0.0755. The van der Waals surface area contributed by atoms with Crippen LogP contribution in [0.5, 0.6) is 0 Å². The fraction of sp³-hybridized carbons (Fsp3) is 0.364. The van der Waals surface area contributed by atoms with E-state index in [1.807, 2.05) is 65.8 Å². The smallest absolute Gasteiger partial charge is 0.316 e. The number of ether oxygens (including phenoxy) is 1. The van der Waals surface area contributed by atoms with E-state index in [0.29, 0.717) is 34.6 Å². The molecule has 0 saturated carbocycles. The van der Waals surface area contributed by atoms with Gasteiger partial charge in [-0.25, -0.2) is 8.42 Å². The molecule has 0 aliphatic heterocycles. The van der Waals surface area contributed by atoms with E-state index >= 15 is 0 Å². The van der Waals surface area contributed by atoms with Crippen molar-refractivity contribution in [3.05, 3.63) is 106 Å². The van der Waals surface area contributed by atoms with E-state index in [1.54, 1.807) is 30.3 Å². The zero-order chi connectivity index (χ0) is 28.5. The van der Waals surface area contributed by atoms with Gasteiger partial charge in [0.1, 0.15) is 5.76 Å². The number of aryl methyl sites for hydroxylation is 3. The molecular weight excluding hydrogens is 508 g/mol. The highest BCUT2D eigenvalue weighted by molar-refractivity contribution is 7.90. The second-order valence-corrected chi connectivity index (χ2v) is 13.7. The van der Waals surface area contributed by atoms with Gasteiger partial charge < -0.3 is 9.84 Å². The summed E-state index contributed by atoms with van der Waals surface area (Å²) in [5.74, 6) is -0.0439. The van der Waals surface area contributed by atoms with Crippen molar-refractivity contribution >= 4 is 21.4 Å². The Bertz CT molecular complexity index is 1470. The van der Waals surface area contributed by atoms with Crippen LogP contribution >= 0.6 is 0 Å². The molecule has 0 radical (unpaired) electrons. The highest BCUT2D eigenvalue weighted by Gasteiger charge is 2.39. The molecule has 1 aliphatic rings. The van der Waals surface area contributed by atoms with Gasteiger partial charge in [-0.2, -0.15) is 0 Å². The van der Waals surface area contributed by atoms with Crippen molar-refractivity contribution in [2.75, 3.05) is 0 Å². The van der Waals surface area contributed by atoms with E-state index in [0.717, 1.165) is 27.8 Å². The number of sulfone groups is 1. The third-order valence-corrected chi connectivity index (χ3v) is 8.95. The normalized spacial score (nSPS) is 17.9. The number of carbonyl (C=O) groups excluding carboxylic acids is 1. The molecule has 2 unspecified atom stereocenters. The minimum atomic E-state index is -3.43. The summed E-state index contributed by atoms with van der Waals surface area (Å²) >= 11 is 0. The first kappa shape index (κ1) is 28.8. The number of carbonyl (C=O) groups is 1. The number of esters is 1. The highest BCUT2D eigenvalue weighted by Crippen LogP contribution is 2.43. The molecule has 206 valence electrons. The van der Waals surface area contributed by atoms with Crippen molar-refractivity contribution in [2.45, 2.75) is 71.1 Å². The largest absolute Gasteiger partial charge is 0.430 e. The zero-order valence-electron chi connectivity index (χ0n) is 23.6. The molecule has 6 heteroatoms. The summed E-state index contributed by atoms with van der Waals surface area (Å²) in [6.45, 7) is 11.5. The first-order valence-electron chi connectivity index (χ1n) is 13.3. The summed E-state index contributed by atoms with van der Waals surface area (Å²) in [5, 5.41) is 11.6. The lowest BCUT2D eigenvalue weighted by atomic mass is 9.88. The summed E-state index contributed by atoms with van der Waals surface area (Å²) in [7, 11) is -3.43. The number of aliphatic hydroxyl groups is 1. The third kappa shape index (κ3) is 6.51. The molecule has 0 saturated heterocycles. The molecule has 3 aromatic carbocycles. The molecule has 39 heavy (non-hydrogen) atoms. The van der Waals surface area contributed by atoms with Crippen LogP contribution in [0.3, 0.4) is 0 Å². The van der Waals surface area contributed by atoms with Crippen LogP contribution in [0.15, 0.2) is 77.4 Å². The van der Waals surface area contributed by atoms with Gasteiger partial charge in [0.05, 0.1) is 22.2 Å². The van der Waals surface area contributed by atoms with Crippen molar-refractivity contribution in [1.29, 1.82) is 0 Å². The SMILES string of the molecule is Cc1cc(C)c(C2=C(OC(=O)C(C)(C)C)CC(Cc3ccc(CS(=O)(=O)c4ccccc4)cc3)C2O)c(C)c1. The maximum Gasteiger partial charge on any atom is 0.316 e. The fourth-order valence-electron chi connectivity index (χ4n) is 5.30. The van der Waals surface area contributed by atoms with Gasteiger partial charge in [0.25, 0.3) is 0 Å². The topological polar surface area (TPSA) is 80.7 Å². The van der Waals surface area contributed by atoms with Crippen LogP contribution in [0.4, 0.5) is 0 Å². The Balaban J connectivity index is 1.57. The maximum absolute atomic E-state index is 12.9. The maximum atomic E-state index is 12.9. The number of hydrogen-bond donors (Lipinski definition) is 1. The second-order valence-electron chi connectivity index (χ2n) is 11.8. The van der Waals surface area contributed by atoms with Crippen LogP contribution < -0.4 is 0 Å². The number of benzene rings is 3. The van der Waals surface area contributed by atoms with Crippen molar-refractivity contribution in [3.63, 3.8) is 0 Å². The molecule has 5 nitrogen and oxygen atoms in total. The third-order valence-electron chi connectivity index (χ3n) is 7.24.